The van der Waals surface area contributed by atoms with Crippen LogP contribution in [0.1, 0.15) is 0 Å². The average molecular weight is 349 g/mol. The largest absolute Gasteiger partial charge is 0.381 e. The number of aryl methyl sites for hydroxylation is 1. The van der Waals surface area contributed by atoms with Gasteiger partial charge in [0.2, 0.25) is 0 Å². The lowest BCUT2D eigenvalue weighted by molar-refractivity contribution is 0.601. The minimum absolute atomic E-state index is 0.101. The Labute approximate surface area is 117 Å². The van der Waals surface area contributed by atoms with E-state index < -0.39 is 15.8 Å². The summed E-state index contributed by atoms with van der Waals surface area (Å²) >= 11 is 2.98. The second kappa shape index (κ2) is 4.82. The van der Waals surface area contributed by atoms with Crippen LogP contribution in [-0.2, 0) is 17.1 Å². The molecule has 0 saturated carbocycles. The number of nitrogens with two attached hydrogens (primary N) is 1. The molecule has 1 heterocycles. The highest BCUT2D eigenvalue weighted by Crippen LogP contribution is 2.23. The molecular formula is C10H10BrFN4O2S. The van der Waals surface area contributed by atoms with Gasteiger partial charge in [-0.05, 0) is 34.1 Å². The number of halogens is 2. The van der Waals surface area contributed by atoms with Crippen LogP contribution in [0.15, 0.2) is 33.8 Å². The third kappa shape index (κ3) is 2.87. The van der Waals surface area contributed by atoms with E-state index in [9.17, 15) is 12.8 Å². The summed E-state index contributed by atoms with van der Waals surface area (Å²) in [7, 11) is -2.34. The highest BCUT2D eigenvalue weighted by atomic mass is 79.9. The second-order valence-electron chi connectivity index (χ2n) is 3.79. The van der Waals surface area contributed by atoms with Crippen molar-refractivity contribution in [3.63, 3.8) is 0 Å². The molecule has 0 radical (unpaired) electrons. The van der Waals surface area contributed by atoms with Gasteiger partial charge < -0.3 is 5.73 Å². The third-order valence-electron chi connectivity index (χ3n) is 2.28. The number of benzene rings is 1. The molecule has 0 saturated heterocycles. The van der Waals surface area contributed by atoms with Crippen molar-refractivity contribution >= 4 is 37.5 Å². The van der Waals surface area contributed by atoms with E-state index in [-0.39, 0.29) is 20.9 Å². The lowest BCUT2D eigenvalue weighted by atomic mass is 10.3. The zero-order chi connectivity index (χ0) is 14.2. The number of nitrogens with zero attached hydrogens (tertiary/aromatic N) is 2. The Morgan fingerprint density at radius 1 is 1.47 bits per heavy atom. The summed E-state index contributed by atoms with van der Waals surface area (Å²) in [6.07, 6.45) is 1.27. The summed E-state index contributed by atoms with van der Waals surface area (Å²) in [6, 6.07) is 3.89. The number of hydrogen-bond acceptors (Lipinski definition) is 4. The van der Waals surface area contributed by atoms with Crippen molar-refractivity contribution < 1.29 is 12.8 Å². The summed E-state index contributed by atoms with van der Waals surface area (Å²) in [5.74, 6) is -0.688. The fourth-order valence-corrected chi connectivity index (χ4v) is 2.86. The van der Waals surface area contributed by atoms with Gasteiger partial charge in [0.05, 0.1) is 10.2 Å². The molecule has 6 nitrogen and oxygen atoms in total. The van der Waals surface area contributed by atoms with Crippen LogP contribution < -0.4 is 10.5 Å². The van der Waals surface area contributed by atoms with E-state index in [0.717, 1.165) is 6.07 Å². The molecule has 9 heteroatoms. The van der Waals surface area contributed by atoms with Crippen LogP contribution in [0.25, 0.3) is 0 Å². The zero-order valence-corrected chi connectivity index (χ0v) is 12.2. The van der Waals surface area contributed by atoms with Crippen molar-refractivity contribution in [1.29, 1.82) is 0 Å². The van der Waals surface area contributed by atoms with Gasteiger partial charge in [0, 0.05) is 13.2 Å². The number of anilines is 2. The van der Waals surface area contributed by atoms with Crippen LogP contribution in [0.5, 0.6) is 0 Å². The van der Waals surface area contributed by atoms with Gasteiger partial charge in [0.15, 0.2) is 5.82 Å². The molecule has 2 aromatic rings. The normalized spacial score (nSPS) is 11.5. The lowest BCUT2D eigenvalue weighted by Gasteiger charge is -2.07. The van der Waals surface area contributed by atoms with Crippen molar-refractivity contribution in [1.82, 2.24) is 9.78 Å². The molecule has 0 amide bonds. The second-order valence-corrected chi connectivity index (χ2v) is 6.29. The molecule has 1 aromatic carbocycles. The Balaban J connectivity index is 2.36. The fraction of sp³-hybridized carbons (Fsp3) is 0.100. The first kappa shape index (κ1) is 13.8. The van der Waals surface area contributed by atoms with E-state index in [2.05, 4.69) is 25.8 Å². The van der Waals surface area contributed by atoms with Gasteiger partial charge in [-0.3, -0.25) is 9.40 Å². The predicted molar refractivity (Wildman–Crippen MR) is 72.5 cm³/mol. The summed E-state index contributed by atoms with van der Waals surface area (Å²) < 4.78 is 41.2. The molecule has 0 bridgehead atoms. The summed E-state index contributed by atoms with van der Waals surface area (Å²) in [4.78, 5) is -0.154. The maximum Gasteiger partial charge on any atom is 0.267 e. The van der Waals surface area contributed by atoms with Crippen LogP contribution in [0.3, 0.4) is 0 Å². The van der Waals surface area contributed by atoms with Crippen molar-refractivity contribution in [3.05, 3.63) is 34.7 Å². The van der Waals surface area contributed by atoms with Gasteiger partial charge in [0.25, 0.3) is 10.0 Å². The van der Waals surface area contributed by atoms with Crippen molar-refractivity contribution in [2.75, 3.05) is 10.5 Å². The summed E-state index contributed by atoms with van der Waals surface area (Å²) in [5, 5.41) is 3.74. The summed E-state index contributed by atoms with van der Waals surface area (Å²) in [5.41, 5.74) is 5.60. The molecule has 0 aliphatic rings. The molecule has 3 N–H and O–H groups in total. The van der Waals surface area contributed by atoms with Crippen LogP contribution in [-0.4, -0.2) is 18.2 Å². The van der Waals surface area contributed by atoms with Gasteiger partial charge >= 0.3 is 0 Å². The Morgan fingerprint density at radius 2 is 2.16 bits per heavy atom. The number of nitrogens with one attached hydrogen (secondary N) is 1. The van der Waals surface area contributed by atoms with E-state index >= 15 is 0 Å². The monoisotopic (exact) mass is 348 g/mol. The number of nitrogen functional groups attached to an aromatic ring is 1. The molecule has 0 spiro atoms. The SMILES string of the molecule is Cn1cc(S(=O)(=O)Nc2ccc(Br)c(F)c2)c(N)n1. The van der Waals surface area contributed by atoms with E-state index in [4.69, 9.17) is 5.73 Å². The maximum absolute atomic E-state index is 13.3. The van der Waals surface area contributed by atoms with Crippen LogP contribution >= 0.6 is 15.9 Å². The Bertz CT molecular complexity index is 729. The molecule has 0 unspecified atom stereocenters. The molecule has 102 valence electrons. The highest BCUT2D eigenvalue weighted by Gasteiger charge is 2.21. The Kier molecular flexibility index (Phi) is 3.50. The smallest absolute Gasteiger partial charge is 0.267 e. The van der Waals surface area contributed by atoms with Crippen LogP contribution in [0.2, 0.25) is 0 Å². The quantitative estimate of drug-likeness (QED) is 0.883. The fourth-order valence-electron chi connectivity index (χ4n) is 1.46. The molecule has 0 fully saturated rings. The highest BCUT2D eigenvalue weighted by molar-refractivity contribution is 9.10. The number of sulfonamides is 1. The van der Waals surface area contributed by atoms with Gasteiger partial charge in [-0.25, -0.2) is 12.8 Å². The zero-order valence-electron chi connectivity index (χ0n) is 9.76. The van der Waals surface area contributed by atoms with E-state index in [1.54, 1.807) is 7.05 Å². The van der Waals surface area contributed by atoms with Crippen LogP contribution in [0, 0.1) is 5.82 Å². The Morgan fingerprint density at radius 3 is 2.68 bits per heavy atom. The first-order chi connectivity index (χ1) is 8.79. The topological polar surface area (TPSA) is 90.0 Å². The lowest BCUT2D eigenvalue weighted by Crippen LogP contribution is -2.14. The Hall–Kier alpha value is -1.61. The first-order valence-corrected chi connectivity index (χ1v) is 7.34. The molecule has 0 aliphatic carbocycles. The minimum Gasteiger partial charge on any atom is -0.381 e. The molecule has 1 aromatic heterocycles. The van der Waals surface area contributed by atoms with E-state index in [1.165, 1.54) is 23.0 Å². The first-order valence-electron chi connectivity index (χ1n) is 5.06. The van der Waals surface area contributed by atoms with E-state index in [0.29, 0.717) is 0 Å². The molecule has 0 atom stereocenters. The molecule has 0 aliphatic heterocycles. The van der Waals surface area contributed by atoms with Gasteiger partial charge in [-0.15, -0.1) is 0 Å². The number of aromatic nitrogens is 2. The predicted octanol–water partition coefficient (Wildman–Crippen LogP) is 1.70. The molecule has 2 rings (SSSR count). The molecular weight excluding hydrogens is 339 g/mol. The standard InChI is InChI=1S/C10H10BrFN4O2S/c1-16-5-9(10(13)14-16)19(17,18)15-6-2-3-7(11)8(12)4-6/h2-5,15H,1H3,(H2,13,14). The summed E-state index contributed by atoms with van der Waals surface area (Å²) in [6.45, 7) is 0. The van der Waals surface area contributed by atoms with Crippen LogP contribution in [0.4, 0.5) is 15.9 Å². The average Bonchev–Trinajstić information content (AvgIpc) is 2.63. The number of hydrogen-bond donors (Lipinski definition) is 2. The maximum atomic E-state index is 13.3. The number of rotatable bonds is 3. The van der Waals surface area contributed by atoms with Gasteiger partial charge in [-0.2, -0.15) is 5.10 Å². The third-order valence-corrected chi connectivity index (χ3v) is 4.32. The van der Waals surface area contributed by atoms with Gasteiger partial charge in [0.1, 0.15) is 10.7 Å². The minimum atomic E-state index is -3.89. The van der Waals surface area contributed by atoms with E-state index in [1.807, 2.05) is 0 Å². The van der Waals surface area contributed by atoms with Crippen molar-refractivity contribution in [3.8, 4) is 0 Å². The molecule has 19 heavy (non-hydrogen) atoms. The van der Waals surface area contributed by atoms with Crippen molar-refractivity contribution in [2.24, 2.45) is 7.05 Å². The van der Waals surface area contributed by atoms with Gasteiger partial charge in [-0.1, -0.05) is 0 Å². The van der Waals surface area contributed by atoms with Crippen molar-refractivity contribution in [2.45, 2.75) is 4.90 Å².